The lowest BCUT2D eigenvalue weighted by molar-refractivity contribution is -0.384. The number of nitrogens with two attached hydrogens (primary N) is 1. The Bertz CT molecular complexity index is 705. The molecule has 108 valence electrons. The summed E-state index contributed by atoms with van der Waals surface area (Å²) in [6.07, 6.45) is 0.772. The zero-order valence-electron chi connectivity index (χ0n) is 11.1. The van der Waals surface area contributed by atoms with Crippen molar-refractivity contribution in [1.82, 2.24) is 0 Å². The predicted octanol–water partition coefficient (Wildman–Crippen LogP) is 3.91. The van der Waals surface area contributed by atoms with Gasteiger partial charge in [0, 0.05) is 22.6 Å². The van der Waals surface area contributed by atoms with Crippen molar-refractivity contribution in [1.29, 1.82) is 0 Å². The Balaban J connectivity index is 1.92. The highest BCUT2D eigenvalue weighted by molar-refractivity contribution is 9.10. The van der Waals surface area contributed by atoms with Crippen LogP contribution in [0.5, 0.6) is 0 Å². The van der Waals surface area contributed by atoms with Gasteiger partial charge in [-0.3, -0.25) is 10.1 Å². The van der Waals surface area contributed by atoms with Crippen molar-refractivity contribution in [2.75, 3.05) is 5.32 Å². The number of rotatable bonds is 3. The molecular formula is C15H14BrN3O2. The van der Waals surface area contributed by atoms with Crippen LogP contribution in [-0.2, 0) is 0 Å². The Morgan fingerprint density at radius 1 is 1.24 bits per heavy atom. The number of fused-ring (bicyclic) bond motifs is 1. The van der Waals surface area contributed by atoms with Gasteiger partial charge in [-0.15, -0.1) is 0 Å². The van der Waals surface area contributed by atoms with E-state index in [0.717, 1.165) is 22.0 Å². The largest absolute Gasteiger partial charge is 0.377 e. The molecule has 0 fully saturated rings. The first-order valence-corrected chi connectivity index (χ1v) is 7.40. The molecule has 2 aromatic carbocycles. The first kappa shape index (κ1) is 14.0. The maximum atomic E-state index is 10.9. The Kier molecular flexibility index (Phi) is 3.65. The number of halogens is 1. The van der Waals surface area contributed by atoms with Crippen LogP contribution in [-0.4, -0.2) is 4.92 Å². The molecule has 0 radical (unpaired) electrons. The molecule has 2 unspecified atom stereocenters. The number of nitrogens with zero attached hydrogens (tertiary/aromatic N) is 1. The second-order valence-corrected chi connectivity index (χ2v) is 5.94. The zero-order valence-corrected chi connectivity index (χ0v) is 12.7. The van der Waals surface area contributed by atoms with Gasteiger partial charge in [0.25, 0.3) is 5.69 Å². The lowest BCUT2D eigenvalue weighted by Crippen LogP contribution is -2.10. The van der Waals surface area contributed by atoms with E-state index in [9.17, 15) is 10.1 Å². The molecule has 1 aliphatic carbocycles. The normalized spacial score (nSPS) is 20.1. The van der Waals surface area contributed by atoms with Gasteiger partial charge in [-0.1, -0.05) is 24.3 Å². The SMILES string of the molecule is NC1CC(Nc2cc([N+](=O)[O-])ccc2Br)c2ccccc21. The van der Waals surface area contributed by atoms with E-state index >= 15 is 0 Å². The summed E-state index contributed by atoms with van der Waals surface area (Å²) in [5.41, 5.74) is 9.21. The quantitative estimate of drug-likeness (QED) is 0.651. The Labute approximate surface area is 130 Å². The summed E-state index contributed by atoms with van der Waals surface area (Å²) < 4.78 is 0.797. The fraction of sp³-hybridized carbons (Fsp3) is 0.200. The summed E-state index contributed by atoms with van der Waals surface area (Å²) in [5, 5.41) is 14.3. The third kappa shape index (κ3) is 2.64. The van der Waals surface area contributed by atoms with Crippen molar-refractivity contribution < 1.29 is 4.92 Å². The number of nitrogens with one attached hydrogen (secondary N) is 1. The van der Waals surface area contributed by atoms with Gasteiger partial charge in [-0.2, -0.15) is 0 Å². The van der Waals surface area contributed by atoms with E-state index in [4.69, 9.17) is 5.73 Å². The molecule has 1 aliphatic rings. The molecule has 0 aromatic heterocycles. The van der Waals surface area contributed by atoms with E-state index in [2.05, 4.69) is 21.2 Å². The summed E-state index contributed by atoms with van der Waals surface area (Å²) in [4.78, 5) is 10.5. The Morgan fingerprint density at radius 3 is 2.67 bits per heavy atom. The molecule has 0 heterocycles. The van der Waals surface area contributed by atoms with Crippen LogP contribution in [0.1, 0.15) is 29.6 Å². The van der Waals surface area contributed by atoms with Gasteiger partial charge in [0.15, 0.2) is 0 Å². The van der Waals surface area contributed by atoms with Crippen molar-refractivity contribution >= 4 is 27.3 Å². The van der Waals surface area contributed by atoms with E-state index in [1.165, 1.54) is 12.1 Å². The fourth-order valence-electron chi connectivity index (χ4n) is 2.74. The van der Waals surface area contributed by atoms with Crippen molar-refractivity contribution in [2.45, 2.75) is 18.5 Å². The van der Waals surface area contributed by atoms with E-state index in [1.54, 1.807) is 6.07 Å². The molecule has 21 heavy (non-hydrogen) atoms. The molecule has 5 nitrogen and oxygen atoms in total. The lowest BCUT2D eigenvalue weighted by Gasteiger charge is -2.16. The summed E-state index contributed by atoms with van der Waals surface area (Å²) >= 11 is 3.43. The minimum atomic E-state index is -0.397. The van der Waals surface area contributed by atoms with Gasteiger partial charge in [-0.05, 0) is 39.5 Å². The fourth-order valence-corrected chi connectivity index (χ4v) is 3.10. The van der Waals surface area contributed by atoms with Gasteiger partial charge < -0.3 is 11.1 Å². The minimum absolute atomic E-state index is 0.00354. The first-order valence-electron chi connectivity index (χ1n) is 6.61. The van der Waals surface area contributed by atoms with Crippen molar-refractivity contribution in [3.8, 4) is 0 Å². The number of hydrogen-bond acceptors (Lipinski definition) is 4. The van der Waals surface area contributed by atoms with Crippen molar-refractivity contribution in [2.24, 2.45) is 5.73 Å². The molecule has 3 rings (SSSR count). The summed E-state index contributed by atoms with van der Waals surface area (Å²) in [6.45, 7) is 0. The van der Waals surface area contributed by atoms with Crippen LogP contribution in [0.15, 0.2) is 46.9 Å². The van der Waals surface area contributed by atoms with Crippen molar-refractivity contribution in [3.63, 3.8) is 0 Å². The Morgan fingerprint density at radius 2 is 1.95 bits per heavy atom. The van der Waals surface area contributed by atoms with Gasteiger partial charge >= 0.3 is 0 Å². The predicted molar refractivity (Wildman–Crippen MR) is 85.1 cm³/mol. The average Bonchev–Trinajstić information content (AvgIpc) is 2.78. The van der Waals surface area contributed by atoms with E-state index in [-0.39, 0.29) is 17.8 Å². The van der Waals surface area contributed by atoms with Crippen LogP contribution in [0.3, 0.4) is 0 Å². The summed E-state index contributed by atoms with van der Waals surface area (Å²) in [6, 6.07) is 12.8. The standard InChI is InChI=1S/C15H14BrN3O2/c16-12-6-5-9(19(20)21)7-15(12)18-14-8-13(17)10-3-1-2-4-11(10)14/h1-7,13-14,18H,8,17H2. The van der Waals surface area contributed by atoms with E-state index in [1.807, 2.05) is 24.3 Å². The monoisotopic (exact) mass is 347 g/mol. The van der Waals surface area contributed by atoms with Gasteiger partial charge in [0.1, 0.15) is 0 Å². The third-order valence-electron chi connectivity index (χ3n) is 3.75. The zero-order chi connectivity index (χ0) is 15.0. The lowest BCUT2D eigenvalue weighted by atomic mass is 10.1. The van der Waals surface area contributed by atoms with Crippen LogP contribution in [0.4, 0.5) is 11.4 Å². The maximum Gasteiger partial charge on any atom is 0.271 e. The molecule has 6 heteroatoms. The van der Waals surface area contributed by atoms with Crippen molar-refractivity contribution in [3.05, 3.63) is 68.2 Å². The Hall–Kier alpha value is -1.92. The molecule has 2 aromatic rings. The van der Waals surface area contributed by atoms with Gasteiger partial charge in [0.2, 0.25) is 0 Å². The molecule has 0 saturated heterocycles. The molecule has 3 N–H and O–H groups in total. The topological polar surface area (TPSA) is 81.2 Å². The second-order valence-electron chi connectivity index (χ2n) is 5.09. The number of nitro benzene ring substituents is 1. The summed E-state index contributed by atoms with van der Waals surface area (Å²) in [5.74, 6) is 0. The minimum Gasteiger partial charge on any atom is -0.377 e. The van der Waals surface area contributed by atoms with Gasteiger partial charge in [-0.25, -0.2) is 0 Å². The first-order chi connectivity index (χ1) is 10.1. The van der Waals surface area contributed by atoms with Crippen LogP contribution in [0.25, 0.3) is 0 Å². The highest BCUT2D eigenvalue weighted by Crippen LogP contribution is 2.40. The smallest absolute Gasteiger partial charge is 0.271 e. The highest BCUT2D eigenvalue weighted by Gasteiger charge is 2.28. The van der Waals surface area contributed by atoms with Gasteiger partial charge in [0.05, 0.1) is 16.7 Å². The average molecular weight is 348 g/mol. The summed E-state index contributed by atoms with van der Waals surface area (Å²) in [7, 11) is 0. The highest BCUT2D eigenvalue weighted by atomic mass is 79.9. The van der Waals surface area contributed by atoms with Crippen LogP contribution in [0.2, 0.25) is 0 Å². The number of benzene rings is 2. The number of anilines is 1. The molecular weight excluding hydrogens is 334 g/mol. The van der Waals surface area contributed by atoms with Crippen LogP contribution in [0, 0.1) is 10.1 Å². The molecule has 0 aliphatic heterocycles. The second kappa shape index (κ2) is 5.46. The molecule has 0 spiro atoms. The van der Waals surface area contributed by atoms with Crippen LogP contribution < -0.4 is 11.1 Å². The number of nitro groups is 1. The number of non-ortho nitro benzene ring substituents is 1. The third-order valence-corrected chi connectivity index (χ3v) is 4.44. The molecule has 2 atom stereocenters. The van der Waals surface area contributed by atoms with Crippen LogP contribution >= 0.6 is 15.9 Å². The molecule has 0 saturated carbocycles. The molecule has 0 bridgehead atoms. The molecule has 0 amide bonds. The maximum absolute atomic E-state index is 10.9. The van der Waals surface area contributed by atoms with E-state index in [0.29, 0.717) is 5.69 Å². The van der Waals surface area contributed by atoms with E-state index < -0.39 is 4.92 Å². The number of hydrogen-bond donors (Lipinski definition) is 2.